The van der Waals surface area contributed by atoms with E-state index >= 15 is 0 Å². The quantitative estimate of drug-likeness (QED) is 0.457. The third kappa shape index (κ3) is 5.32. The lowest BCUT2D eigenvalue weighted by Crippen LogP contribution is -2.14. The van der Waals surface area contributed by atoms with Gasteiger partial charge in [-0.05, 0) is 67.9 Å². The number of carbonyl (C=O) groups is 1. The lowest BCUT2D eigenvalue weighted by Gasteiger charge is -2.08. The van der Waals surface area contributed by atoms with Gasteiger partial charge in [0.05, 0.1) is 12.2 Å². The smallest absolute Gasteiger partial charge is 0.276 e. The molecule has 2 aromatic carbocycles. The van der Waals surface area contributed by atoms with Gasteiger partial charge < -0.3 is 10.1 Å². The van der Waals surface area contributed by atoms with E-state index in [4.69, 9.17) is 16.3 Å². The Kier molecular flexibility index (Phi) is 6.04. The second-order valence-corrected chi connectivity index (χ2v) is 7.64. The number of aryl methyl sites for hydroxylation is 2. The van der Waals surface area contributed by atoms with E-state index in [-0.39, 0.29) is 12.6 Å². The molecule has 31 heavy (non-hydrogen) atoms. The molecule has 0 aliphatic heterocycles. The van der Waals surface area contributed by atoms with E-state index in [1.165, 1.54) is 0 Å². The van der Waals surface area contributed by atoms with Gasteiger partial charge in [0, 0.05) is 22.6 Å². The molecule has 0 unspecified atom stereocenters. The van der Waals surface area contributed by atoms with Gasteiger partial charge in [0.1, 0.15) is 5.75 Å². The summed E-state index contributed by atoms with van der Waals surface area (Å²) in [5.41, 5.74) is 4.14. The van der Waals surface area contributed by atoms with E-state index in [0.717, 1.165) is 17.0 Å². The first kappa shape index (κ1) is 20.7. The summed E-state index contributed by atoms with van der Waals surface area (Å²) in [7, 11) is 0. The summed E-state index contributed by atoms with van der Waals surface area (Å²) in [6, 6.07) is 18.5. The van der Waals surface area contributed by atoms with Crippen molar-refractivity contribution in [3.05, 3.63) is 94.5 Å². The zero-order valence-electron chi connectivity index (χ0n) is 17.2. The average molecular weight is 436 g/mol. The van der Waals surface area contributed by atoms with Crippen LogP contribution in [0.1, 0.15) is 27.4 Å². The maximum atomic E-state index is 12.6. The van der Waals surface area contributed by atoms with E-state index in [0.29, 0.717) is 28.7 Å². The summed E-state index contributed by atoms with van der Waals surface area (Å²) in [4.78, 5) is 12.6. The number of nitrogens with zero attached hydrogens (tertiary/aromatic N) is 4. The fourth-order valence-corrected chi connectivity index (χ4v) is 3.30. The number of rotatable bonds is 7. The van der Waals surface area contributed by atoms with Gasteiger partial charge >= 0.3 is 0 Å². The molecule has 0 fully saturated rings. The van der Waals surface area contributed by atoms with Crippen LogP contribution in [0, 0.1) is 13.8 Å². The largest absolute Gasteiger partial charge is 0.471 e. The van der Waals surface area contributed by atoms with E-state index in [1.807, 2.05) is 48.9 Å². The predicted octanol–water partition coefficient (Wildman–Crippen LogP) is 4.69. The summed E-state index contributed by atoms with van der Waals surface area (Å²) >= 11 is 5.87. The van der Waals surface area contributed by atoms with Gasteiger partial charge in [0.2, 0.25) is 0 Å². The summed E-state index contributed by atoms with van der Waals surface area (Å²) in [5, 5.41) is 12.3. The van der Waals surface area contributed by atoms with Crippen molar-refractivity contribution in [2.24, 2.45) is 0 Å². The molecule has 1 amide bonds. The Labute approximate surface area is 185 Å². The van der Waals surface area contributed by atoms with Gasteiger partial charge in [-0.3, -0.25) is 9.48 Å². The highest BCUT2D eigenvalue weighted by Gasteiger charge is 2.11. The van der Waals surface area contributed by atoms with Gasteiger partial charge in [-0.2, -0.15) is 10.2 Å². The SMILES string of the molecule is Cc1cc(C)n(Cc2cccc(NC(=O)c3ccn(COc4ccc(Cl)cc4)n3)c2)n1. The van der Waals surface area contributed by atoms with E-state index in [9.17, 15) is 4.79 Å². The number of anilines is 1. The third-order valence-electron chi connectivity index (χ3n) is 4.67. The third-order valence-corrected chi connectivity index (χ3v) is 4.92. The maximum absolute atomic E-state index is 12.6. The number of carbonyl (C=O) groups excluding carboxylic acids is 1. The van der Waals surface area contributed by atoms with Crippen LogP contribution in [0.15, 0.2) is 66.9 Å². The highest BCUT2D eigenvalue weighted by atomic mass is 35.5. The molecule has 0 aliphatic carbocycles. The van der Waals surface area contributed by atoms with Gasteiger partial charge in [-0.25, -0.2) is 4.68 Å². The Balaban J connectivity index is 1.37. The second kappa shape index (κ2) is 9.06. The van der Waals surface area contributed by atoms with Crippen LogP contribution in [-0.4, -0.2) is 25.5 Å². The second-order valence-electron chi connectivity index (χ2n) is 7.21. The Bertz CT molecular complexity index is 1200. The molecule has 0 saturated carbocycles. The van der Waals surface area contributed by atoms with Crippen molar-refractivity contribution >= 4 is 23.2 Å². The normalized spacial score (nSPS) is 10.8. The fourth-order valence-electron chi connectivity index (χ4n) is 3.18. The Morgan fingerprint density at radius 1 is 1.06 bits per heavy atom. The number of aromatic nitrogens is 4. The minimum atomic E-state index is -0.284. The lowest BCUT2D eigenvalue weighted by molar-refractivity contribution is 0.102. The maximum Gasteiger partial charge on any atom is 0.276 e. The first-order valence-corrected chi connectivity index (χ1v) is 10.2. The van der Waals surface area contributed by atoms with Crippen molar-refractivity contribution < 1.29 is 9.53 Å². The molecule has 8 heteroatoms. The number of amides is 1. The highest BCUT2D eigenvalue weighted by Crippen LogP contribution is 2.16. The zero-order chi connectivity index (χ0) is 21.8. The lowest BCUT2D eigenvalue weighted by atomic mass is 10.2. The molecule has 2 aromatic heterocycles. The monoisotopic (exact) mass is 435 g/mol. The molecule has 0 radical (unpaired) electrons. The first-order chi connectivity index (χ1) is 15.0. The topological polar surface area (TPSA) is 74.0 Å². The molecule has 1 N–H and O–H groups in total. The van der Waals surface area contributed by atoms with Crippen LogP contribution in [0.2, 0.25) is 5.02 Å². The molecule has 0 atom stereocenters. The Hall–Kier alpha value is -3.58. The Morgan fingerprint density at radius 3 is 2.61 bits per heavy atom. The van der Waals surface area contributed by atoms with Gasteiger partial charge in [0.15, 0.2) is 12.4 Å². The molecule has 0 spiro atoms. The molecular weight excluding hydrogens is 414 g/mol. The summed E-state index contributed by atoms with van der Waals surface area (Å²) < 4.78 is 9.15. The van der Waals surface area contributed by atoms with Crippen LogP contribution in [0.3, 0.4) is 0 Å². The number of benzene rings is 2. The van der Waals surface area contributed by atoms with Crippen LogP contribution >= 0.6 is 11.6 Å². The van der Waals surface area contributed by atoms with Crippen LogP contribution in [0.4, 0.5) is 5.69 Å². The molecule has 0 bridgehead atoms. The standard InChI is InChI=1S/C23H22ClN5O2/c1-16-12-17(2)29(26-16)14-18-4-3-5-20(13-18)25-23(30)22-10-11-28(27-22)15-31-21-8-6-19(24)7-9-21/h3-13H,14-15H2,1-2H3,(H,25,30). The van der Waals surface area contributed by atoms with E-state index in [1.54, 1.807) is 41.2 Å². The minimum absolute atomic E-state index is 0.188. The fraction of sp³-hybridized carbons (Fsp3) is 0.174. The zero-order valence-corrected chi connectivity index (χ0v) is 18.0. The molecule has 158 valence electrons. The van der Waals surface area contributed by atoms with Crippen LogP contribution in [-0.2, 0) is 13.3 Å². The van der Waals surface area contributed by atoms with Gasteiger partial charge in [0.25, 0.3) is 5.91 Å². The van der Waals surface area contributed by atoms with Crippen LogP contribution in [0.25, 0.3) is 0 Å². The molecule has 7 nitrogen and oxygen atoms in total. The van der Waals surface area contributed by atoms with E-state index < -0.39 is 0 Å². The summed E-state index contributed by atoms with van der Waals surface area (Å²) in [5.74, 6) is 0.388. The highest BCUT2D eigenvalue weighted by molar-refractivity contribution is 6.30. The number of hydrogen-bond donors (Lipinski definition) is 1. The van der Waals surface area contributed by atoms with Gasteiger partial charge in [-0.15, -0.1) is 0 Å². The average Bonchev–Trinajstić information content (AvgIpc) is 3.34. The van der Waals surface area contributed by atoms with Crippen LogP contribution < -0.4 is 10.1 Å². The molecule has 2 heterocycles. The number of ether oxygens (including phenoxy) is 1. The molecule has 0 saturated heterocycles. The van der Waals surface area contributed by atoms with Crippen molar-refractivity contribution in [3.63, 3.8) is 0 Å². The van der Waals surface area contributed by atoms with E-state index in [2.05, 4.69) is 15.5 Å². The predicted molar refractivity (Wildman–Crippen MR) is 120 cm³/mol. The summed E-state index contributed by atoms with van der Waals surface area (Å²) in [6.07, 6.45) is 1.70. The van der Waals surface area contributed by atoms with Crippen molar-refractivity contribution in [3.8, 4) is 5.75 Å². The minimum Gasteiger partial charge on any atom is -0.471 e. The van der Waals surface area contributed by atoms with Gasteiger partial charge in [-0.1, -0.05) is 23.7 Å². The molecule has 0 aliphatic rings. The van der Waals surface area contributed by atoms with Crippen molar-refractivity contribution in [1.82, 2.24) is 19.6 Å². The first-order valence-electron chi connectivity index (χ1n) is 9.79. The van der Waals surface area contributed by atoms with Crippen molar-refractivity contribution in [2.45, 2.75) is 27.1 Å². The molecule has 4 rings (SSSR count). The number of hydrogen-bond acceptors (Lipinski definition) is 4. The molecular formula is C23H22ClN5O2. The number of nitrogens with one attached hydrogen (secondary N) is 1. The van der Waals surface area contributed by atoms with Crippen molar-refractivity contribution in [1.29, 1.82) is 0 Å². The summed E-state index contributed by atoms with van der Waals surface area (Å²) in [6.45, 7) is 4.82. The molecule has 4 aromatic rings. The van der Waals surface area contributed by atoms with Crippen molar-refractivity contribution in [2.75, 3.05) is 5.32 Å². The number of halogens is 1. The van der Waals surface area contributed by atoms with Crippen LogP contribution in [0.5, 0.6) is 5.75 Å². The Morgan fingerprint density at radius 2 is 1.87 bits per heavy atom.